The molecule has 2 N–H and O–H groups in total. The van der Waals surface area contributed by atoms with Crippen LogP contribution in [-0.2, 0) is 51.4 Å². The number of alkyl carbamates (subject to hydrolysis) is 1. The number of carbonyl (C=O) groups is 3. The topological polar surface area (TPSA) is 157 Å². The number of halogens is 2. The summed E-state index contributed by atoms with van der Waals surface area (Å²) in [5, 5.41) is 18.6. The summed E-state index contributed by atoms with van der Waals surface area (Å²) < 4.78 is 27.6. The first-order valence-corrected chi connectivity index (χ1v) is 16.0. The number of ether oxygens (including phenoxy) is 5. The summed E-state index contributed by atoms with van der Waals surface area (Å²) in [5.74, 6) is -0.0423. The third-order valence-electron chi connectivity index (χ3n) is 6.69. The van der Waals surface area contributed by atoms with Gasteiger partial charge in [-0.3, -0.25) is 9.79 Å². The number of hydrogen-bond acceptors (Lipinski definition) is 10. The number of nitrogens with zero attached hydrogens (tertiary/aromatic N) is 1. The molecule has 0 aromatic heterocycles. The zero-order valence-electron chi connectivity index (χ0n) is 28.8. The average molecular weight is 967 g/mol. The van der Waals surface area contributed by atoms with Gasteiger partial charge in [-0.2, -0.15) is 0 Å². The molecule has 0 unspecified atom stereocenters. The summed E-state index contributed by atoms with van der Waals surface area (Å²) in [4.78, 5) is 42.4. The normalized spacial score (nSPS) is 12.8. The van der Waals surface area contributed by atoms with Crippen molar-refractivity contribution in [3.8, 4) is 23.0 Å². The van der Waals surface area contributed by atoms with Crippen molar-refractivity contribution < 1.29 is 62.7 Å². The van der Waals surface area contributed by atoms with Gasteiger partial charge in [0.1, 0.15) is 29.2 Å². The standard InChI is InChI=1S/C35H41IN3O9.HI.Zn/c1-21(33(42)46-7)37-31(40)27(18-22-8-13-25(44-5)14-9-22)38-32(41)28(39-34(43)48-35(2,3)4)19-23-10-15-26(16-11-23)47-30-20-24(36)12-17-29(30)45-6;;/h8-17,20-21,27-28H,1,18-19H2,2-7H3,(H,37,40)(H,38,41)(H,39,43);1H;/p-1/t21-,27-,28-;;/m0../s1. The minimum atomic E-state index is -1.34. The van der Waals surface area contributed by atoms with Crippen molar-refractivity contribution in [3.63, 3.8) is 0 Å². The van der Waals surface area contributed by atoms with Crippen LogP contribution in [-0.4, -0.2) is 68.9 Å². The van der Waals surface area contributed by atoms with Crippen LogP contribution in [0.25, 0.3) is 0 Å². The molecule has 0 saturated carbocycles. The summed E-state index contributed by atoms with van der Waals surface area (Å²) in [6, 6.07) is 15.7. The Morgan fingerprint density at radius 1 is 0.840 bits per heavy atom. The van der Waals surface area contributed by atoms with Gasteiger partial charge in [-0.25, -0.2) is 9.59 Å². The first-order valence-electron chi connectivity index (χ1n) is 14.9. The van der Waals surface area contributed by atoms with E-state index in [9.17, 15) is 19.5 Å². The van der Waals surface area contributed by atoms with E-state index < -0.39 is 47.6 Å². The maximum absolute atomic E-state index is 13.8. The van der Waals surface area contributed by atoms with Crippen molar-refractivity contribution in [3.05, 3.63) is 88.4 Å². The molecule has 0 aliphatic rings. The number of methoxy groups -OCH3 is 3. The molecule has 0 heterocycles. The van der Waals surface area contributed by atoms with Crippen LogP contribution in [0, 0.1) is 10.5 Å². The zero-order chi connectivity index (χ0) is 35.4. The minimum Gasteiger partial charge on any atom is -0.861 e. The number of benzene rings is 3. The van der Waals surface area contributed by atoms with Crippen LogP contribution < -0.4 is 30.0 Å². The Morgan fingerprint density at radius 2 is 1.40 bits per heavy atom. The fourth-order valence-electron chi connectivity index (χ4n) is 4.35. The fourth-order valence-corrected chi connectivity index (χ4v) is 4.81. The summed E-state index contributed by atoms with van der Waals surface area (Å²) in [7, 11) is 4.24. The molecule has 267 valence electrons. The molecule has 0 saturated heterocycles. The van der Waals surface area contributed by atoms with Gasteiger partial charge in [0.25, 0.3) is 0 Å². The molecule has 12 nitrogen and oxygen atoms in total. The predicted molar refractivity (Wildman–Crippen MR) is 202 cm³/mol. The van der Waals surface area contributed by atoms with Gasteiger partial charge in [-0.1, -0.05) is 24.3 Å². The molecule has 1 radical (unpaired) electrons. The van der Waals surface area contributed by atoms with Crippen LogP contribution in [0.3, 0.4) is 0 Å². The second-order valence-corrected chi connectivity index (χ2v) is 12.8. The largest absolute Gasteiger partial charge is 0.861 e. The summed E-state index contributed by atoms with van der Waals surface area (Å²) in [6.07, 6.45) is -0.753. The molecule has 15 heteroatoms. The van der Waals surface area contributed by atoms with Gasteiger partial charge in [0.15, 0.2) is 11.5 Å². The van der Waals surface area contributed by atoms with E-state index in [0.29, 0.717) is 34.1 Å². The minimum absolute atomic E-state index is 0. The molecule has 0 bridgehead atoms. The third kappa shape index (κ3) is 14.6. The van der Waals surface area contributed by atoms with Gasteiger partial charge in [0.05, 0.1) is 27.4 Å². The van der Waals surface area contributed by atoms with Crippen LogP contribution >= 0.6 is 46.6 Å². The number of nitrogens with one attached hydrogen (secondary N) is 2. The van der Waals surface area contributed by atoms with Gasteiger partial charge in [0, 0.05) is 29.5 Å². The molecule has 3 aromatic rings. The predicted octanol–water partition coefficient (Wildman–Crippen LogP) is 5.01. The third-order valence-corrected chi connectivity index (χ3v) is 7.36. The van der Waals surface area contributed by atoms with Gasteiger partial charge >= 0.3 is 12.1 Å². The Hall–Kier alpha value is -3.18. The molecule has 3 rings (SSSR count). The van der Waals surface area contributed by atoms with E-state index >= 15 is 0 Å². The van der Waals surface area contributed by atoms with Crippen molar-refractivity contribution in [2.75, 3.05) is 21.3 Å². The molecule has 3 atom stereocenters. The Morgan fingerprint density at radius 3 is 1.92 bits per heavy atom. The van der Waals surface area contributed by atoms with E-state index in [2.05, 4.69) is 49.9 Å². The second-order valence-electron chi connectivity index (χ2n) is 11.6. The molecular weight excluding hydrogens is 926 g/mol. The van der Waals surface area contributed by atoms with Crippen LogP contribution in [0.15, 0.2) is 71.7 Å². The molecule has 0 aliphatic heterocycles. The van der Waals surface area contributed by atoms with E-state index in [0.717, 1.165) is 10.7 Å². The Kier molecular flexibility index (Phi) is 19.1. The van der Waals surface area contributed by atoms with Crippen molar-refractivity contribution in [2.24, 2.45) is 4.99 Å². The number of aliphatic imine (C=N–C) groups is 1. The molecule has 2 amide bonds. The van der Waals surface area contributed by atoms with Gasteiger partial charge in [-0.05, 0) is 116 Å². The monoisotopic (exact) mass is 965 g/mol. The van der Waals surface area contributed by atoms with Crippen LogP contribution in [0.1, 0.15) is 31.9 Å². The smallest absolute Gasteiger partial charge is 0.408 e. The van der Waals surface area contributed by atoms with E-state index in [1.165, 1.54) is 7.11 Å². The number of amides is 2. The molecule has 50 heavy (non-hydrogen) atoms. The van der Waals surface area contributed by atoms with E-state index in [4.69, 9.17) is 18.9 Å². The summed E-state index contributed by atoms with van der Waals surface area (Å²) in [6.45, 7) is 8.67. The summed E-state index contributed by atoms with van der Waals surface area (Å²) in [5.41, 5.74) is 0.531. The van der Waals surface area contributed by atoms with E-state index in [1.807, 2.05) is 18.2 Å². The maximum atomic E-state index is 13.8. The Bertz CT molecular complexity index is 1580. The Labute approximate surface area is 336 Å². The number of esters is 1. The van der Waals surface area contributed by atoms with Crippen molar-refractivity contribution in [1.29, 1.82) is 0 Å². The van der Waals surface area contributed by atoms with E-state index in [1.54, 1.807) is 76.4 Å². The van der Waals surface area contributed by atoms with Gasteiger partial charge in [0.2, 0.25) is 5.91 Å². The Balaban J connectivity index is 0.00000625. The summed E-state index contributed by atoms with van der Waals surface area (Å²) >= 11 is 2.18. The van der Waals surface area contributed by atoms with Crippen molar-refractivity contribution in [1.82, 2.24) is 10.6 Å². The fraction of sp³-hybridized carbons (Fsp3) is 0.343. The number of rotatable bonds is 14. The average Bonchev–Trinajstić information content (AvgIpc) is 3.04. The first kappa shape index (κ1) is 44.8. The number of hydrogen-bond donors (Lipinski definition) is 2. The van der Waals surface area contributed by atoms with Gasteiger partial charge in [-0.15, -0.1) is 24.0 Å². The number of carbonyl (C=O) groups excluding carboxylic acids is 3. The molecule has 0 aliphatic carbocycles. The quantitative estimate of drug-likeness (QED) is 0.0746. The van der Waals surface area contributed by atoms with Crippen LogP contribution in [0.2, 0.25) is 0 Å². The molecule has 0 fully saturated rings. The molecule has 0 spiro atoms. The SMILES string of the molecule is I.[CH2][C@H](N=C([O-])[C@H](Cc1ccc(OC)cc1)NC(=O)[C@H](Cc1ccc(Oc2cc(I)ccc2OC)cc1)NC(=O)OC(C)(C)C)C(=O)OC.[Zn]. The first-order chi connectivity index (χ1) is 22.7. The zero-order valence-corrected chi connectivity index (χ0v) is 36.3. The molecular formula is C35H41I2N3O9Zn-. The van der Waals surface area contributed by atoms with Crippen molar-refractivity contribution in [2.45, 2.75) is 57.3 Å². The second kappa shape index (κ2) is 21.2. The maximum Gasteiger partial charge on any atom is 0.408 e. The van der Waals surface area contributed by atoms with Gasteiger partial charge < -0.3 is 39.4 Å². The van der Waals surface area contributed by atoms with Crippen LogP contribution in [0.4, 0.5) is 4.79 Å². The van der Waals surface area contributed by atoms with Crippen molar-refractivity contribution >= 4 is 70.4 Å². The van der Waals surface area contributed by atoms with Crippen LogP contribution in [0.5, 0.6) is 23.0 Å². The van der Waals surface area contributed by atoms with E-state index in [-0.39, 0.29) is 56.3 Å². The molecule has 3 aromatic carbocycles.